The average Bonchev–Trinajstić information content (AvgIpc) is 3.73. The third kappa shape index (κ3) is 3.83. The van der Waals surface area contributed by atoms with Gasteiger partial charge in [-0.05, 0) is 21.5 Å². The Hall–Kier alpha value is -4.95. The summed E-state index contributed by atoms with van der Waals surface area (Å²) >= 11 is 0. The molecule has 8 bridgehead atoms. The first-order chi connectivity index (χ1) is 19.8. The van der Waals surface area contributed by atoms with Crippen LogP contribution >= 0.6 is 0 Å². The minimum Gasteiger partial charge on any atom is -1.00 e. The molecule has 42 heavy (non-hydrogen) atoms. The molecule has 0 spiro atoms. The number of hydrogen-bond donors (Lipinski definition) is 0. The van der Waals surface area contributed by atoms with Crippen molar-refractivity contribution < 1.29 is 29.5 Å². The van der Waals surface area contributed by atoms with E-state index >= 15 is 0 Å². The van der Waals surface area contributed by atoms with Crippen LogP contribution in [0, 0.1) is 0 Å². The molecule has 7 aromatic rings. The molecule has 0 saturated carbocycles. The van der Waals surface area contributed by atoms with Gasteiger partial charge in [0.1, 0.15) is 0 Å². The van der Waals surface area contributed by atoms with E-state index < -0.39 is 0 Å². The summed E-state index contributed by atoms with van der Waals surface area (Å²) < 4.78 is 0. The molecule has 10 heteroatoms. The van der Waals surface area contributed by atoms with Crippen LogP contribution in [0.25, 0.3) is 89.7 Å². The standard InChI is InChI=1S/C32H16N8.ClH.Fe/c1-2-10-18-17(9-1)25-33-26(18)38-28-21-13-5-6-14-22(21)30(35-28)40-32-24-16-8-7-15-23(24)31(36-32)39-29-20-12-4-3-11-19(20)27(34-29)37-25;;/h1-16H;1H;/q-2;;+3/p-1. The molecule has 4 aromatic carbocycles. The fraction of sp³-hybridized carbons (Fsp3) is 0. The van der Waals surface area contributed by atoms with Gasteiger partial charge in [0.2, 0.25) is 0 Å². The second-order valence-corrected chi connectivity index (χ2v) is 9.67. The van der Waals surface area contributed by atoms with E-state index in [2.05, 4.69) is 0 Å². The van der Waals surface area contributed by atoms with Crippen molar-refractivity contribution in [3.63, 3.8) is 0 Å². The Morgan fingerprint density at radius 2 is 0.571 bits per heavy atom. The molecule has 0 aliphatic carbocycles. The molecule has 0 fully saturated rings. The maximum Gasteiger partial charge on any atom is 3.00 e. The molecular formula is C32H16ClFeN8. The summed E-state index contributed by atoms with van der Waals surface area (Å²) in [4.78, 5) is 39.3. The zero-order valence-electron chi connectivity index (χ0n) is 21.5. The number of nitrogens with zero attached hydrogens (tertiary/aromatic N) is 8. The van der Waals surface area contributed by atoms with E-state index in [1.165, 1.54) is 0 Å². The van der Waals surface area contributed by atoms with Crippen molar-refractivity contribution in [1.82, 2.24) is 39.9 Å². The fourth-order valence-corrected chi connectivity index (χ4v) is 5.46. The Bertz CT molecular complexity index is 2040. The average molecular weight is 604 g/mol. The number of aromatic nitrogens is 8. The Morgan fingerprint density at radius 3 is 0.833 bits per heavy atom. The third-order valence-corrected chi connectivity index (χ3v) is 7.33. The van der Waals surface area contributed by atoms with E-state index in [0.717, 1.165) is 43.8 Å². The summed E-state index contributed by atoms with van der Waals surface area (Å²) in [5.41, 5.74) is 5.78. The first-order valence-electron chi connectivity index (χ1n) is 12.9. The number of hydrogen-bond acceptors (Lipinski definition) is 6. The van der Waals surface area contributed by atoms with Crippen LogP contribution in [-0.4, -0.2) is 29.9 Å². The second kappa shape index (κ2) is 9.85. The molecule has 9 rings (SSSR count). The largest absolute Gasteiger partial charge is 3.00 e. The van der Waals surface area contributed by atoms with Gasteiger partial charge in [0.25, 0.3) is 0 Å². The first-order valence-corrected chi connectivity index (χ1v) is 12.9. The van der Waals surface area contributed by atoms with Crippen molar-refractivity contribution in [3.8, 4) is 45.6 Å². The summed E-state index contributed by atoms with van der Waals surface area (Å²) in [6, 6.07) is 31.8. The van der Waals surface area contributed by atoms with Crippen LogP contribution in [0.5, 0.6) is 0 Å². The van der Waals surface area contributed by atoms with Crippen LogP contribution in [-0.2, 0) is 17.1 Å². The van der Waals surface area contributed by atoms with Crippen molar-refractivity contribution in [2.75, 3.05) is 0 Å². The van der Waals surface area contributed by atoms with Crippen LogP contribution < -0.4 is 22.4 Å². The Morgan fingerprint density at radius 1 is 0.333 bits per heavy atom. The molecule has 0 N–H and O–H groups in total. The van der Waals surface area contributed by atoms with Gasteiger partial charge in [-0.2, -0.15) is 0 Å². The predicted molar refractivity (Wildman–Crippen MR) is 154 cm³/mol. The van der Waals surface area contributed by atoms with E-state index in [1.807, 2.05) is 97.1 Å². The topological polar surface area (TPSA) is 106 Å². The summed E-state index contributed by atoms with van der Waals surface area (Å²) in [6.07, 6.45) is 0. The van der Waals surface area contributed by atoms with E-state index in [1.54, 1.807) is 0 Å². The Labute approximate surface area is 255 Å². The van der Waals surface area contributed by atoms with E-state index in [4.69, 9.17) is 39.9 Å². The monoisotopic (exact) mass is 603 g/mol. The first kappa shape index (κ1) is 26.0. The van der Waals surface area contributed by atoms with Gasteiger partial charge in [0.05, 0.1) is 23.3 Å². The van der Waals surface area contributed by atoms with E-state index in [-0.39, 0.29) is 29.5 Å². The molecular weight excluding hydrogens is 588 g/mol. The van der Waals surface area contributed by atoms with Crippen molar-refractivity contribution in [3.05, 3.63) is 97.1 Å². The van der Waals surface area contributed by atoms with Gasteiger partial charge in [-0.1, -0.05) is 97.1 Å². The number of benzene rings is 4. The quantitative estimate of drug-likeness (QED) is 0.244. The number of fused-ring (bicyclic) bond motifs is 20. The normalized spacial score (nSPS) is 11.4. The third-order valence-electron chi connectivity index (χ3n) is 7.33. The SMILES string of the molecule is [Cl-].[Fe+3].c1ccc2c(c1)-c1nc-2nc2[n-]c(nc3nc(nc4[n-]c(n1)c1ccccc41)-c1ccccc1-3)c1ccccc21. The molecule has 8 nitrogen and oxygen atoms in total. The van der Waals surface area contributed by atoms with Crippen molar-refractivity contribution in [2.24, 2.45) is 0 Å². The molecule has 0 saturated heterocycles. The van der Waals surface area contributed by atoms with Gasteiger partial charge in [0, 0.05) is 44.8 Å². The summed E-state index contributed by atoms with van der Waals surface area (Å²) in [5.74, 6) is 2.21. The van der Waals surface area contributed by atoms with Gasteiger partial charge < -0.3 is 42.3 Å². The van der Waals surface area contributed by atoms with Crippen LogP contribution in [0.4, 0.5) is 0 Å². The van der Waals surface area contributed by atoms with Gasteiger partial charge in [-0.25, -0.2) is 9.97 Å². The minimum atomic E-state index is 0. The fourth-order valence-electron chi connectivity index (χ4n) is 5.46. The second-order valence-electron chi connectivity index (χ2n) is 9.67. The van der Waals surface area contributed by atoms with Gasteiger partial charge in [-0.15, -0.1) is 0 Å². The summed E-state index contributed by atoms with van der Waals surface area (Å²) in [5, 5.41) is 3.57. The van der Waals surface area contributed by atoms with Crippen LogP contribution in [0.1, 0.15) is 0 Å². The minimum absolute atomic E-state index is 0. The van der Waals surface area contributed by atoms with Gasteiger partial charge in [-0.3, -0.25) is 0 Å². The molecule has 0 amide bonds. The van der Waals surface area contributed by atoms with Crippen LogP contribution in [0.2, 0.25) is 0 Å². The zero-order chi connectivity index (χ0) is 26.2. The van der Waals surface area contributed by atoms with Crippen molar-refractivity contribution >= 4 is 44.1 Å². The number of rotatable bonds is 0. The van der Waals surface area contributed by atoms with E-state index in [0.29, 0.717) is 45.9 Å². The molecule has 2 aliphatic rings. The maximum atomic E-state index is 4.95. The molecule has 199 valence electrons. The van der Waals surface area contributed by atoms with Crippen LogP contribution in [0.3, 0.4) is 0 Å². The Balaban J connectivity index is 0.00000144. The predicted octanol–water partition coefficient (Wildman–Crippen LogP) is 3.13. The summed E-state index contributed by atoms with van der Waals surface area (Å²) in [6.45, 7) is 0. The molecule has 1 radical (unpaired) electrons. The molecule has 5 heterocycles. The maximum absolute atomic E-state index is 4.95. The van der Waals surface area contributed by atoms with Crippen molar-refractivity contribution in [2.45, 2.75) is 0 Å². The van der Waals surface area contributed by atoms with E-state index in [9.17, 15) is 0 Å². The zero-order valence-corrected chi connectivity index (χ0v) is 23.4. The molecule has 0 unspecified atom stereocenters. The molecule has 2 aliphatic heterocycles. The van der Waals surface area contributed by atoms with Gasteiger partial charge >= 0.3 is 17.1 Å². The van der Waals surface area contributed by atoms with Gasteiger partial charge in [0.15, 0.2) is 0 Å². The van der Waals surface area contributed by atoms with Crippen molar-refractivity contribution in [1.29, 1.82) is 0 Å². The molecule has 3 aromatic heterocycles. The number of halogens is 1. The molecule has 0 atom stereocenters. The van der Waals surface area contributed by atoms with Crippen LogP contribution in [0.15, 0.2) is 97.1 Å². The summed E-state index contributed by atoms with van der Waals surface area (Å²) in [7, 11) is 0. The smallest absolute Gasteiger partial charge is 1.00 e. The Kier molecular flexibility index (Phi) is 6.09.